The molecule has 1 rings (SSSR count). The molecule has 0 spiro atoms. The van der Waals surface area contributed by atoms with E-state index in [2.05, 4.69) is 35.1 Å². The molecule has 0 amide bonds. The van der Waals surface area contributed by atoms with E-state index in [1.807, 2.05) is 31.2 Å². The summed E-state index contributed by atoms with van der Waals surface area (Å²) in [6.07, 6.45) is 0. The summed E-state index contributed by atoms with van der Waals surface area (Å²) in [6, 6.07) is 8.30. The highest BCUT2D eigenvalue weighted by Gasteiger charge is 2.27. The van der Waals surface area contributed by atoms with Crippen molar-refractivity contribution in [3.63, 3.8) is 0 Å². The van der Waals surface area contributed by atoms with Crippen molar-refractivity contribution in [1.29, 1.82) is 0 Å². The van der Waals surface area contributed by atoms with E-state index in [0.29, 0.717) is 6.04 Å². The summed E-state index contributed by atoms with van der Waals surface area (Å²) in [5.41, 5.74) is 0.690. The largest absolute Gasteiger partial charge is 0.394 e. The third-order valence-corrected chi connectivity index (χ3v) is 3.08. The van der Waals surface area contributed by atoms with E-state index in [4.69, 9.17) is 0 Å². The minimum atomic E-state index is -0.395. The molecule has 0 fully saturated rings. The topological polar surface area (TPSA) is 32.3 Å². The Hall–Kier alpha value is -0.380. The van der Waals surface area contributed by atoms with Crippen molar-refractivity contribution in [3.05, 3.63) is 34.3 Å². The smallest absolute Gasteiger partial charge is 0.0653 e. The monoisotopic (exact) mass is 271 g/mol. The van der Waals surface area contributed by atoms with Crippen LogP contribution in [0.2, 0.25) is 0 Å². The Labute approximate surface area is 99.8 Å². The number of benzene rings is 1. The van der Waals surface area contributed by atoms with Gasteiger partial charge in [-0.2, -0.15) is 0 Å². The van der Waals surface area contributed by atoms with Gasteiger partial charge in [0.25, 0.3) is 0 Å². The maximum atomic E-state index is 9.53. The van der Waals surface area contributed by atoms with E-state index >= 15 is 0 Å². The minimum absolute atomic E-state index is 0.0772. The first-order chi connectivity index (χ1) is 6.99. The zero-order valence-electron chi connectivity index (χ0n) is 9.42. The zero-order chi connectivity index (χ0) is 11.5. The van der Waals surface area contributed by atoms with E-state index in [1.54, 1.807) is 0 Å². The van der Waals surface area contributed by atoms with Crippen molar-refractivity contribution in [3.8, 4) is 0 Å². The molecule has 0 saturated carbocycles. The van der Waals surface area contributed by atoms with E-state index in [0.717, 1.165) is 10.0 Å². The molecule has 2 N–H and O–H groups in total. The minimum Gasteiger partial charge on any atom is -0.394 e. The molecule has 2 nitrogen and oxygen atoms in total. The van der Waals surface area contributed by atoms with Crippen LogP contribution in [-0.2, 0) is 5.54 Å². The average molecular weight is 272 g/mol. The van der Waals surface area contributed by atoms with Crippen LogP contribution in [0.25, 0.3) is 0 Å². The molecular formula is C12H18BrNO. The first-order valence-corrected chi connectivity index (χ1v) is 5.92. The van der Waals surface area contributed by atoms with Gasteiger partial charge in [-0.25, -0.2) is 0 Å². The number of rotatable bonds is 4. The van der Waals surface area contributed by atoms with Crippen molar-refractivity contribution < 1.29 is 5.11 Å². The molecule has 0 aliphatic heterocycles. The molecule has 15 heavy (non-hydrogen) atoms. The van der Waals surface area contributed by atoms with Gasteiger partial charge in [-0.05, 0) is 32.4 Å². The highest BCUT2D eigenvalue weighted by atomic mass is 79.9. The molecule has 3 heteroatoms. The molecule has 84 valence electrons. The fourth-order valence-electron chi connectivity index (χ4n) is 1.75. The van der Waals surface area contributed by atoms with E-state index in [9.17, 15) is 5.11 Å². The summed E-state index contributed by atoms with van der Waals surface area (Å²) in [4.78, 5) is 0. The third kappa shape index (κ3) is 3.03. The second-order valence-corrected chi connectivity index (χ2v) is 5.12. The number of aliphatic hydroxyl groups excluding tert-OH is 1. The summed E-state index contributed by atoms with van der Waals surface area (Å²) in [7, 11) is 0. The standard InChI is InChI=1S/C12H18BrNO/c1-9(2)14-12(3,8-15)10-6-4-5-7-11(10)13/h4-7,9,14-15H,8H2,1-3H3. The van der Waals surface area contributed by atoms with Crippen LogP contribution in [0.15, 0.2) is 28.7 Å². The first-order valence-electron chi connectivity index (χ1n) is 5.13. The van der Waals surface area contributed by atoms with Crippen molar-refractivity contribution in [2.45, 2.75) is 32.4 Å². The second kappa shape index (κ2) is 5.10. The number of hydrogen-bond acceptors (Lipinski definition) is 2. The van der Waals surface area contributed by atoms with Crippen molar-refractivity contribution in [2.24, 2.45) is 0 Å². The summed E-state index contributed by atoms with van der Waals surface area (Å²) < 4.78 is 1.02. The van der Waals surface area contributed by atoms with Crippen LogP contribution < -0.4 is 5.32 Å². The molecule has 0 radical (unpaired) electrons. The predicted molar refractivity (Wildman–Crippen MR) is 66.9 cm³/mol. The molecule has 0 aliphatic rings. The second-order valence-electron chi connectivity index (χ2n) is 4.27. The van der Waals surface area contributed by atoms with Crippen molar-refractivity contribution >= 4 is 15.9 Å². The van der Waals surface area contributed by atoms with Gasteiger partial charge >= 0.3 is 0 Å². The normalized spacial score (nSPS) is 15.3. The highest BCUT2D eigenvalue weighted by Crippen LogP contribution is 2.28. The maximum Gasteiger partial charge on any atom is 0.0653 e. The Morgan fingerprint density at radius 3 is 2.47 bits per heavy atom. The molecule has 0 aliphatic carbocycles. The van der Waals surface area contributed by atoms with E-state index < -0.39 is 5.54 Å². The van der Waals surface area contributed by atoms with Gasteiger partial charge in [0.05, 0.1) is 12.1 Å². The molecule has 1 unspecified atom stereocenters. The van der Waals surface area contributed by atoms with Gasteiger partial charge in [-0.1, -0.05) is 34.1 Å². The van der Waals surface area contributed by atoms with E-state index in [1.165, 1.54) is 0 Å². The number of hydrogen-bond donors (Lipinski definition) is 2. The highest BCUT2D eigenvalue weighted by molar-refractivity contribution is 9.10. The average Bonchev–Trinajstić information content (AvgIpc) is 2.17. The van der Waals surface area contributed by atoms with Crippen LogP contribution in [0.4, 0.5) is 0 Å². The van der Waals surface area contributed by atoms with Crippen LogP contribution >= 0.6 is 15.9 Å². The molecule has 1 atom stereocenters. The van der Waals surface area contributed by atoms with Crippen LogP contribution in [0.3, 0.4) is 0 Å². The number of halogens is 1. The first kappa shape index (κ1) is 12.7. The van der Waals surface area contributed by atoms with Gasteiger partial charge in [0.2, 0.25) is 0 Å². The van der Waals surface area contributed by atoms with Gasteiger partial charge in [0, 0.05) is 10.5 Å². The lowest BCUT2D eigenvalue weighted by atomic mass is 9.92. The van der Waals surface area contributed by atoms with Gasteiger partial charge in [-0.3, -0.25) is 0 Å². The fraction of sp³-hybridized carbons (Fsp3) is 0.500. The molecule has 0 saturated heterocycles. The van der Waals surface area contributed by atoms with Gasteiger partial charge < -0.3 is 10.4 Å². The van der Waals surface area contributed by atoms with Crippen LogP contribution in [0.5, 0.6) is 0 Å². The quantitative estimate of drug-likeness (QED) is 0.883. The maximum absolute atomic E-state index is 9.53. The molecule has 0 aromatic heterocycles. The Morgan fingerprint density at radius 1 is 1.40 bits per heavy atom. The van der Waals surface area contributed by atoms with Crippen molar-refractivity contribution in [2.75, 3.05) is 6.61 Å². The summed E-state index contributed by atoms with van der Waals surface area (Å²) >= 11 is 3.51. The lowest BCUT2D eigenvalue weighted by molar-refractivity contribution is 0.165. The fourth-order valence-corrected chi connectivity index (χ4v) is 2.48. The van der Waals surface area contributed by atoms with Crippen molar-refractivity contribution in [1.82, 2.24) is 5.32 Å². The Balaban J connectivity index is 3.05. The Morgan fingerprint density at radius 2 is 2.00 bits per heavy atom. The number of aliphatic hydroxyl groups is 1. The van der Waals surface area contributed by atoms with E-state index in [-0.39, 0.29) is 6.61 Å². The van der Waals surface area contributed by atoms with Gasteiger partial charge in [0.1, 0.15) is 0 Å². The molecule has 0 heterocycles. The van der Waals surface area contributed by atoms with Crippen LogP contribution in [-0.4, -0.2) is 17.8 Å². The summed E-state index contributed by atoms with van der Waals surface area (Å²) in [5.74, 6) is 0. The zero-order valence-corrected chi connectivity index (χ0v) is 11.0. The molecule has 0 bridgehead atoms. The molecular weight excluding hydrogens is 254 g/mol. The Bertz CT molecular complexity index is 327. The lowest BCUT2D eigenvalue weighted by Gasteiger charge is -2.32. The SMILES string of the molecule is CC(C)NC(C)(CO)c1ccccc1Br. The Kier molecular flexibility index (Phi) is 4.32. The van der Waals surface area contributed by atoms with Crippen LogP contribution in [0, 0.1) is 0 Å². The summed E-state index contributed by atoms with van der Waals surface area (Å²) in [5, 5.41) is 12.9. The summed E-state index contributed by atoms with van der Waals surface area (Å²) in [6.45, 7) is 6.23. The van der Waals surface area contributed by atoms with Gasteiger partial charge in [0.15, 0.2) is 0 Å². The molecule has 1 aromatic rings. The lowest BCUT2D eigenvalue weighted by Crippen LogP contribution is -2.46. The predicted octanol–water partition coefficient (Wildman–Crippen LogP) is 2.65. The van der Waals surface area contributed by atoms with Crippen LogP contribution in [0.1, 0.15) is 26.3 Å². The molecule has 1 aromatic carbocycles. The van der Waals surface area contributed by atoms with Gasteiger partial charge in [-0.15, -0.1) is 0 Å². The third-order valence-electron chi connectivity index (χ3n) is 2.39. The number of nitrogens with one attached hydrogen (secondary N) is 1.